The summed E-state index contributed by atoms with van der Waals surface area (Å²) in [6, 6.07) is 26.7. The number of anilines is 1. The number of carbonyl (C=O) groups excluding carboxylic acids is 1. The van der Waals surface area contributed by atoms with Crippen LogP contribution in [0.25, 0.3) is 11.1 Å². The summed E-state index contributed by atoms with van der Waals surface area (Å²) >= 11 is 0. The quantitative estimate of drug-likeness (QED) is 0.731. The zero-order valence-electron chi connectivity index (χ0n) is 13.9. The van der Waals surface area contributed by atoms with Gasteiger partial charge >= 0.3 is 0 Å². The van der Waals surface area contributed by atoms with Gasteiger partial charge in [0, 0.05) is 11.6 Å². The van der Waals surface area contributed by atoms with Crippen LogP contribution in [0.2, 0.25) is 0 Å². The zero-order chi connectivity index (χ0) is 16.9. The minimum absolute atomic E-state index is 0.162. The summed E-state index contributed by atoms with van der Waals surface area (Å²) in [6.07, 6.45) is 2.00. The maximum Gasteiger partial charge on any atom is 0.170 e. The second kappa shape index (κ2) is 5.32. The molecule has 2 aliphatic carbocycles. The predicted octanol–water partition coefficient (Wildman–Crippen LogP) is 5.00. The van der Waals surface area contributed by atoms with Crippen molar-refractivity contribution in [3.05, 3.63) is 90.0 Å². The van der Waals surface area contributed by atoms with E-state index < -0.39 is 5.54 Å². The van der Waals surface area contributed by atoms with Gasteiger partial charge in [-0.25, -0.2) is 0 Å². The lowest BCUT2D eigenvalue weighted by Gasteiger charge is -2.33. The van der Waals surface area contributed by atoms with E-state index >= 15 is 0 Å². The molecule has 1 N–H and O–H groups in total. The van der Waals surface area contributed by atoms with E-state index in [0.717, 1.165) is 40.8 Å². The summed E-state index contributed by atoms with van der Waals surface area (Å²) in [5, 5.41) is 3.64. The SMILES string of the molecule is O=C(C1CC1)C1(Nc2ccccc2)c2ccccc2-c2ccccc21. The molecule has 3 aromatic rings. The lowest BCUT2D eigenvalue weighted by Crippen LogP contribution is -2.44. The third kappa shape index (κ3) is 2.07. The van der Waals surface area contributed by atoms with Gasteiger partial charge in [0.2, 0.25) is 0 Å². The van der Waals surface area contributed by atoms with Crippen molar-refractivity contribution in [2.75, 3.05) is 5.32 Å². The van der Waals surface area contributed by atoms with Crippen LogP contribution in [0.1, 0.15) is 24.0 Å². The van der Waals surface area contributed by atoms with E-state index in [1.165, 1.54) is 0 Å². The van der Waals surface area contributed by atoms with E-state index in [1.807, 2.05) is 42.5 Å². The first kappa shape index (κ1) is 14.5. The first-order chi connectivity index (χ1) is 12.3. The molecule has 2 aliphatic rings. The fraction of sp³-hybridized carbons (Fsp3) is 0.174. The molecule has 5 rings (SSSR count). The van der Waals surface area contributed by atoms with Crippen LogP contribution < -0.4 is 5.32 Å². The van der Waals surface area contributed by atoms with Crippen LogP contribution >= 0.6 is 0 Å². The second-order valence-corrected chi connectivity index (χ2v) is 6.97. The van der Waals surface area contributed by atoms with Crippen molar-refractivity contribution in [3.8, 4) is 11.1 Å². The van der Waals surface area contributed by atoms with E-state index in [4.69, 9.17) is 0 Å². The highest BCUT2D eigenvalue weighted by molar-refractivity contribution is 6.05. The number of hydrogen-bond acceptors (Lipinski definition) is 2. The Hall–Kier alpha value is -2.87. The number of hydrogen-bond donors (Lipinski definition) is 1. The van der Waals surface area contributed by atoms with Gasteiger partial charge in [-0.1, -0.05) is 66.7 Å². The Morgan fingerprint density at radius 2 is 1.28 bits per heavy atom. The number of rotatable bonds is 4. The molecule has 3 aromatic carbocycles. The standard InChI is InChI=1S/C23H19NO/c25-22(16-14-15-16)23(24-17-8-2-1-3-9-17)20-12-6-4-10-18(20)19-11-5-7-13-21(19)23/h1-13,16,24H,14-15H2. The number of para-hydroxylation sites is 1. The van der Waals surface area contributed by atoms with E-state index in [0.29, 0.717) is 5.78 Å². The van der Waals surface area contributed by atoms with Crippen LogP contribution in [0.5, 0.6) is 0 Å². The Kier molecular flexibility index (Phi) is 3.08. The van der Waals surface area contributed by atoms with Gasteiger partial charge in [0.15, 0.2) is 5.78 Å². The molecular formula is C23H19NO. The summed E-state index contributed by atoms with van der Waals surface area (Å²) in [7, 11) is 0. The van der Waals surface area contributed by atoms with Crippen LogP contribution in [0.15, 0.2) is 78.9 Å². The Morgan fingerprint density at radius 3 is 1.84 bits per heavy atom. The maximum atomic E-state index is 13.6. The number of benzene rings is 3. The first-order valence-corrected chi connectivity index (χ1v) is 8.87. The lowest BCUT2D eigenvalue weighted by molar-refractivity contribution is -0.123. The van der Waals surface area contributed by atoms with Gasteiger partial charge in [-0.2, -0.15) is 0 Å². The van der Waals surface area contributed by atoms with Gasteiger partial charge in [-0.05, 0) is 47.2 Å². The van der Waals surface area contributed by atoms with Crippen LogP contribution in [0.4, 0.5) is 5.69 Å². The highest BCUT2D eigenvalue weighted by atomic mass is 16.1. The Labute approximate surface area is 147 Å². The smallest absolute Gasteiger partial charge is 0.170 e. The van der Waals surface area contributed by atoms with E-state index in [9.17, 15) is 4.79 Å². The molecule has 122 valence electrons. The molecule has 0 aliphatic heterocycles. The molecule has 0 radical (unpaired) electrons. The van der Waals surface area contributed by atoms with Crippen LogP contribution in [-0.2, 0) is 10.3 Å². The van der Waals surface area contributed by atoms with E-state index in [2.05, 4.69) is 41.7 Å². The average Bonchev–Trinajstić information content (AvgIpc) is 3.48. The first-order valence-electron chi connectivity index (χ1n) is 8.87. The van der Waals surface area contributed by atoms with Crippen molar-refractivity contribution in [1.82, 2.24) is 0 Å². The fourth-order valence-electron chi connectivity index (χ4n) is 4.09. The topological polar surface area (TPSA) is 29.1 Å². The molecule has 0 unspecified atom stereocenters. The lowest BCUT2D eigenvalue weighted by atomic mass is 9.81. The molecule has 0 amide bonds. The monoisotopic (exact) mass is 325 g/mol. The average molecular weight is 325 g/mol. The molecule has 0 atom stereocenters. The molecule has 0 saturated heterocycles. The molecule has 1 fully saturated rings. The predicted molar refractivity (Wildman–Crippen MR) is 100 cm³/mol. The van der Waals surface area contributed by atoms with Crippen LogP contribution in [-0.4, -0.2) is 5.78 Å². The molecule has 0 heterocycles. The van der Waals surface area contributed by atoms with Crippen LogP contribution in [0, 0.1) is 5.92 Å². The van der Waals surface area contributed by atoms with Crippen molar-refractivity contribution in [2.45, 2.75) is 18.4 Å². The van der Waals surface area contributed by atoms with Crippen molar-refractivity contribution in [3.63, 3.8) is 0 Å². The number of ketones is 1. The molecule has 0 spiro atoms. The van der Waals surface area contributed by atoms with Gasteiger partial charge in [-0.15, -0.1) is 0 Å². The van der Waals surface area contributed by atoms with Crippen molar-refractivity contribution >= 4 is 11.5 Å². The second-order valence-electron chi connectivity index (χ2n) is 6.97. The Morgan fingerprint density at radius 1 is 0.760 bits per heavy atom. The van der Waals surface area contributed by atoms with Gasteiger partial charge in [0.25, 0.3) is 0 Å². The van der Waals surface area contributed by atoms with Crippen molar-refractivity contribution in [2.24, 2.45) is 5.92 Å². The third-order valence-electron chi connectivity index (χ3n) is 5.38. The fourth-order valence-corrected chi connectivity index (χ4v) is 4.09. The number of Topliss-reactive ketones (excluding diaryl/α,β-unsaturated/α-hetero) is 1. The molecule has 1 saturated carbocycles. The Bertz CT molecular complexity index is 911. The largest absolute Gasteiger partial charge is 0.365 e. The maximum absolute atomic E-state index is 13.6. The molecular weight excluding hydrogens is 306 g/mol. The highest BCUT2D eigenvalue weighted by Crippen LogP contribution is 2.52. The summed E-state index contributed by atoms with van der Waals surface area (Å²) < 4.78 is 0. The normalized spacial score (nSPS) is 16.8. The van der Waals surface area contributed by atoms with E-state index in [1.54, 1.807) is 0 Å². The summed E-state index contributed by atoms with van der Waals surface area (Å²) in [5.74, 6) is 0.462. The zero-order valence-corrected chi connectivity index (χ0v) is 13.9. The van der Waals surface area contributed by atoms with E-state index in [-0.39, 0.29) is 5.92 Å². The van der Waals surface area contributed by atoms with Crippen molar-refractivity contribution in [1.29, 1.82) is 0 Å². The van der Waals surface area contributed by atoms with Gasteiger partial charge < -0.3 is 5.32 Å². The summed E-state index contributed by atoms with van der Waals surface area (Å²) in [6.45, 7) is 0. The highest BCUT2D eigenvalue weighted by Gasteiger charge is 2.53. The van der Waals surface area contributed by atoms with Gasteiger partial charge in [0.1, 0.15) is 5.54 Å². The van der Waals surface area contributed by atoms with Gasteiger partial charge in [-0.3, -0.25) is 4.79 Å². The summed E-state index contributed by atoms with van der Waals surface area (Å²) in [4.78, 5) is 13.6. The number of carbonyl (C=O) groups is 1. The molecule has 25 heavy (non-hydrogen) atoms. The number of nitrogens with one attached hydrogen (secondary N) is 1. The number of fused-ring (bicyclic) bond motifs is 3. The third-order valence-corrected chi connectivity index (χ3v) is 5.38. The van der Waals surface area contributed by atoms with Crippen molar-refractivity contribution < 1.29 is 4.79 Å². The molecule has 2 nitrogen and oxygen atoms in total. The van der Waals surface area contributed by atoms with Gasteiger partial charge in [0.05, 0.1) is 0 Å². The molecule has 0 aromatic heterocycles. The minimum Gasteiger partial charge on any atom is -0.365 e. The minimum atomic E-state index is -0.782. The summed E-state index contributed by atoms with van der Waals surface area (Å²) in [5.41, 5.74) is 4.68. The Balaban J connectivity index is 1.79. The van der Waals surface area contributed by atoms with Crippen LogP contribution in [0.3, 0.4) is 0 Å². The molecule has 2 heteroatoms. The molecule has 0 bridgehead atoms.